The van der Waals surface area contributed by atoms with E-state index in [1.165, 1.54) is 11.1 Å². The smallest absolute Gasteiger partial charge is 1.00 e. The summed E-state index contributed by atoms with van der Waals surface area (Å²) in [6.45, 7) is 10.1. The molecule has 0 aliphatic carbocycles. The molecule has 0 aliphatic rings. The molecule has 1 heterocycles. The first kappa shape index (κ1) is 23.2. The van der Waals surface area contributed by atoms with Crippen molar-refractivity contribution in [1.29, 1.82) is 0 Å². The van der Waals surface area contributed by atoms with Gasteiger partial charge in [0.05, 0.1) is 0 Å². The van der Waals surface area contributed by atoms with Gasteiger partial charge in [-0.05, 0) is 25.0 Å². The predicted molar refractivity (Wildman–Crippen MR) is 45.0 cm³/mol. The zero-order valence-electron chi connectivity index (χ0n) is 7.67. The van der Waals surface area contributed by atoms with Crippen LogP contribution in [0.4, 0.5) is 0 Å². The van der Waals surface area contributed by atoms with Crippen LogP contribution in [-0.4, -0.2) is 4.98 Å². The number of nitrogens with zero attached hydrogens (tertiary/aromatic N) is 1. The van der Waals surface area contributed by atoms with E-state index in [9.17, 15) is 0 Å². The number of aromatic nitrogens is 1. The zero-order chi connectivity index (χ0) is 7.98. The Hall–Kier alpha value is 0.158. The molecule has 0 aromatic carbocycles. The molecule has 4 heteroatoms. The molecule has 0 N–H and O–H groups in total. The first-order valence-corrected chi connectivity index (χ1v) is 3.17. The van der Waals surface area contributed by atoms with Crippen molar-refractivity contribution in [2.24, 2.45) is 0 Å². The number of hydrogen-bond donors (Lipinski definition) is 0. The van der Waals surface area contributed by atoms with Gasteiger partial charge in [-0.25, -0.2) is 0 Å². The first-order chi connectivity index (χ1) is 4.79. The summed E-state index contributed by atoms with van der Waals surface area (Å²) < 4.78 is 0. The summed E-state index contributed by atoms with van der Waals surface area (Å²) >= 11 is 0. The Morgan fingerprint density at radius 1 is 1.00 bits per heavy atom. The van der Waals surface area contributed by atoms with Gasteiger partial charge in [0.1, 0.15) is 0 Å². The minimum absolute atomic E-state index is 0. The molecule has 0 aliphatic heterocycles. The van der Waals surface area contributed by atoms with Gasteiger partial charge in [0, 0.05) is 12.4 Å². The summed E-state index contributed by atoms with van der Waals surface area (Å²) in [5.74, 6) is 0. The van der Waals surface area contributed by atoms with Gasteiger partial charge >= 0.3 is 21.1 Å². The molecule has 13 heavy (non-hydrogen) atoms. The molecule has 1 rings (SSSR count). The summed E-state index contributed by atoms with van der Waals surface area (Å²) in [5, 5.41) is 0. The Labute approximate surface area is 107 Å². The van der Waals surface area contributed by atoms with Gasteiger partial charge in [-0.1, -0.05) is 6.07 Å². The van der Waals surface area contributed by atoms with Crippen LogP contribution in [0.25, 0.3) is 0 Å². The van der Waals surface area contributed by atoms with Crippen molar-refractivity contribution in [2.45, 2.75) is 13.8 Å². The van der Waals surface area contributed by atoms with E-state index in [2.05, 4.69) is 24.2 Å². The SMILES string of the molecule is C=C.Cc1cncc(C)c1.[Cl-].[Cl-].[Pt+2]. The Balaban J connectivity index is -0.0000000761. The van der Waals surface area contributed by atoms with Crippen LogP contribution >= 0.6 is 0 Å². The summed E-state index contributed by atoms with van der Waals surface area (Å²) in [5.41, 5.74) is 2.45. The third-order valence-electron chi connectivity index (χ3n) is 1.01. The van der Waals surface area contributed by atoms with Gasteiger partial charge in [-0.15, -0.1) is 13.2 Å². The number of hydrogen-bond acceptors (Lipinski definition) is 1. The van der Waals surface area contributed by atoms with E-state index in [-0.39, 0.29) is 45.9 Å². The Kier molecular flexibility index (Phi) is 26.2. The van der Waals surface area contributed by atoms with E-state index >= 15 is 0 Å². The average Bonchev–Trinajstić information content (AvgIpc) is 1.91. The Bertz CT molecular complexity index is 189. The third-order valence-corrected chi connectivity index (χ3v) is 1.01. The molecule has 0 amide bonds. The van der Waals surface area contributed by atoms with Gasteiger partial charge in [0.25, 0.3) is 0 Å². The summed E-state index contributed by atoms with van der Waals surface area (Å²) in [6, 6.07) is 2.10. The maximum Gasteiger partial charge on any atom is 2.00 e. The first-order valence-electron chi connectivity index (χ1n) is 3.17. The second kappa shape index (κ2) is 14.7. The standard InChI is InChI=1S/C7H9N.C2H4.2ClH.Pt/c1-6-3-7(2)5-8-4-6;1-2;;;/h3-5H,1-2H3;1-2H2;2*1H;/q;;;;+2/p-2. The molecule has 0 bridgehead atoms. The van der Waals surface area contributed by atoms with Crippen molar-refractivity contribution in [1.82, 2.24) is 4.98 Å². The van der Waals surface area contributed by atoms with E-state index in [4.69, 9.17) is 0 Å². The van der Waals surface area contributed by atoms with Gasteiger partial charge in [0.15, 0.2) is 0 Å². The van der Waals surface area contributed by atoms with Crippen molar-refractivity contribution in [3.63, 3.8) is 0 Å². The van der Waals surface area contributed by atoms with Crippen LogP contribution in [0, 0.1) is 13.8 Å². The molecule has 1 aromatic heterocycles. The second-order valence-electron chi connectivity index (χ2n) is 2.04. The second-order valence-corrected chi connectivity index (χ2v) is 2.04. The van der Waals surface area contributed by atoms with Crippen LogP contribution in [0.3, 0.4) is 0 Å². The zero-order valence-corrected chi connectivity index (χ0v) is 11.4. The molecule has 0 radical (unpaired) electrons. The topological polar surface area (TPSA) is 12.9 Å². The fraction of sp³-hybridized carbons (Fsp3) is 0.222. The van der Waals surface area contributed by atoms with Crippen molar-refractivity contribution in [3.8, 4) is 0 Å². The minimum atomic E-state index is 0. The van der Waals surface area contributed by atoms with Gasteiger partial charge in [0.2, 0.25) is 0 Å². The summed E-state index contributed by atoms with van der Waals surface area (Å²) in [6.07, 6.45) is 3.71. The van der Waals surface area contributed by atoms with Crippen LogP contribution in [0.5, 0.6) is 0 Å². The van der Waals surface area contributed by atoms with E-state index in [0.29, 0.717) is 0 Å². The van der Waals surface area contributed by atoms with E-state index < -0.39 is 0 Å². The maximum atomic E-state index is 3.98. The van der Waals surface area contributed by atoms with E-state index in [0.717, 1.165) is 0 Å². The number of pyridine rings is 1. The fourth-order valence-corrected chi connectivity index (χ4v) is 0.706. The van der Waals surface area contributed by atoms with Crippen LogP contribution in [0.1, 0.15) is 11.1 Å². The number of aryl methyl sites for hydroxylation is 2. The molecule has 78 valence electrons. The molecule has 1 nitrogen and oxygen atoms in total. The molecule has 0 fully saturated rings. The van der Waals surface area contributed by atoms with Crippen molar-refractivity contribution in [2.75, 3.05) is 0 Å². The molecule has 0 atom stereocenters. The maximum absolute atomic E-state index is 3.98. The summed E-state index contributed by atoms with van der Waals surface area (Å²) in [7, 11) is 0. The molecule has 0 saturated heterocycles. The largest absolute Gasteiger partial charge is 2.00 e. The molecular weight excluding hydrogens is 388 g/mol. The number of halogens is 2. The molecule has 1 aromatic rings. The van der Waals surface area contributed by atoms with E-state index in [1.807, 2.05) is 26.2 Å². The van der Waals surface area contributed by atoms with Crippen LogP contribution in [0.15, 0.2) is 31.6 Å². The quantitative estimate of drug-likeness (QED) is 0.412. The normalized spacial score (nSPS) is 6.00. The fourth-order valence-electron chi connectivity index (χ4n) is 0.706. The van der Waals surface area contributed by atoms with Crippen LogP contribution < -0.4 is 24.8 Å². The molecule has 0 spiro atoms. The average molecular weight is 401 g/mol. The monoisotopic (exact) mass is 400 g/mol. The molecular formula is C9H13Cl2NPt. The van der Waals surface area contributed by atoms with Crippen molar-refractivity contribution in [3.05, 3.63) is 42.7 Å². The van der Waals surface area contributed by atoms with E-state index in [1.54, 1.807) is 0 Å². The third kappa shape index (κ3) is 12.2. The Morgan fingerprint density at radius 2 is 1.31 bits per heavy atom. The van der Waals surface area contributed by atoms with Crippen molar-refractivity contribution >= 4 is 0 Å². The molecule has 0 saturated carbocycles. The predicted octanol–water partition coefficient (Wildman–Crippen LogP) is -3.49. The number of rotatable bonds is 0. The Morgan fingerprint density at radius 3 is 1.46 bits per heavy atom. The van der Waals surface area contributed by atoms with Gasteiger partial charge in [-0.2, -0.15) is 0 Å². The van der Waals surface area contributed by atoms with Crippen LogP contribution in [0.2, 0.25) is 0 Å². The van der Waals surface area contributed by atoms with Gasteiger partial charge in [-0.3, -0.25) is 4.98 Å². The minimum Gasteiger partial charge on any atom is -1.00 e. The van der Waals surface area contributed by atoms with Crippen molar-refractivity contribution < 1.29 is 45.9 Å². The summed E-state index contributed by atoms with van der Waals surface area (Å²) in [4.78, 5) is 3.98. The van der Waals surface area contributed by atoms with Gasteiger partial charge < -0.3 is 24.8 Å². The molecule has 0 unspecified atom stereocenters. The van der Waals surface area contributed by atoms with Crippen LogP contribution in [-0.2, 0) is 21.1 Å².